The first kappa shape index (κ1) is 25.5. The number of carbonyl (C=O) groups excluding carboxylic acids is 1. The molecule has 3 atom stereocenters. The highest BCUT2D eigenvalue weighted by Gasteiger charge is 2.39. The van der Waals surface area contributed by atoms with Gasteiger partial charge >= 0.3 is 12.1 Å². The molecule has 0 saturated carbocycles. The lowest BCUT2D eigenvalue weighted by molar-refractivity contribution is -0.192. The molecule has 0 spiro atoms. The van der Waals surface area contributed by atoms with Crippen LogP contribution in [-0.4, -0.2) is 69.2 Å². The second-order valence-electron chi connectivity index (χ2n) is 8.25. The highest BCUT2D eigenvalue weighted by atomic mass is 35.5. The SMILES string of the molecule is CN1[C@@H]2CC[C@H]1CC(NC1=N/C(=C\c3c[nH]c4ncccc34)C(=O)N1)C2.Cl.O=C(O)C(F)(F)F. The number of aromatic amines is 1. The molecule has 2 aromatic heterocycles. The number of alkyl halides is 3. The van der Waals surface area contributed by atoms with E-state index in [-0.39, 0.29) is 18.3 Å². The van der Waals surface area contributed by atoms with Gasteiger partial charge in [-0.25, -0.2) is 14.8 Å². The van der Waals surface area contributed by atoms with Crippen LogP contribution in [0.4, 0.5) is 13.2 Å². The molecule has 0 aliphatic carbocycles. The first-order chi connectivity index (χ1) is 15.6. The second kappa shape index (κ2) is 10.0. The van der Waals surface area contributed by atoms with Crippen LogP contribution in [-0.2, 0) is 9.59 Å². The number of aliphatic imine (C=N–C) groups is 1. The Bertz CT molecular complexity index is 1120. The average Bonchev–Trinajstić information content (AvgIpc) is 3.36. The summed E-state index contributed by atoms with van der Waals surface area (Å²) in [5.41, 5.74) is 2.15. The van der Waals surface area contributed by atoms with Crippen molar-refractivity contribution in [2.75, 3.05) is 7.05 Å². The lowest BCUT2D eigenvalue weighted by atomic mass is 9.98. The first-order valence-electron chi connectivity index (χ1n) is 10.4. The lowest BCUT2D eigenvalue weighted by Crippen LogP contribution is -2.51. The number of H-pyrrole nitrogens is 1. The number of nitrogens with zero attached hydrogens (tertiary/aromatic N) is 3. The van der Waals surface area contributed by atoms with Gasteiger partial charge in [0.2, 0.25) is 5.96 Å². The third-order valence-electron chi connectivity index (χ3n) is 6.15. The van der Waals surface area contributed by atoms with Crippen molar-refractivity contribution in [1.82, 2.24) is 25.5 Å². The number of carbonyl (C=O) groups is 2. The molecule has 1 amide bonds. The van der Waals surface area contributed by atoms with E-state index in [1.165, 1.54) is 12.8 Å². The number of pyridine rings is 1. The molecular weight excluding hydrogens is 477 g/mol. The van der Waals surface area contributed by atoms with E-state index in [0.717, 1.165) is 29.4 Å². The molecule has 2 bridgehead atoms. The third-order valence-corrected chi connectivity index (χ3v) is 6.15. The molecule has 4 N–H and O–H groups in total. The van der Waals surface area contributed by atoms with E-state index in [0.29, 0.717) is 29.8 Å². The number of hydrogen-bond acceptors (Lipinski definition) is 6. The van der Waals surface area contributed by atoms with Crippen LogP contribution in [0, 0.1) is 0 Å². The van der Waals surface area contributed by atoms with Crippen molar-refractivity contribution in [3.05, 3.63) is 35.8 Å². The molecule has 5 heterocycles. The Balaban J connectivity index is 0.000000357. The first-order valence-corrected chi connectivity index (χ1v) is 10.4. The van der Waals surface area contributed by atoms with Gasteiger partial charge in [0, 0.05) is 41.5 Å². The van der Waals surface area contributed by atoms with Gasteiger partial charge in [0.15, 0.2) is 0 Å². The summed E-state index contributed by atoms with van der Waals surface area (Å²) in [5.74, 6) is -2.35. The number of hydrogen-bond donors (Lipinski definition) is 4. The quantitative estimate of drug-likeness (QED) is 0.470. The van der Waals surface area contributed by atoms with E-state index in [1.807, 2.05) is 24.4 Å². The van der Waals surface area contributed by atoms with Gasteiger partial charge in [-0.1, -0.05) is 0 Å². The zero-order chi connectivity index (χ0) is 23.8. The smallest absolute Gasteiger partial charge is 0.475 e. The number of piperidine rings is 1. The van der Waals surface area contributed by atoms with E-state index < -0.39 is 12.1 Å². The van der Waals surface area contributed by atoms with Gasteiger partial charge in [-0.3, -0.25) is 10.1 Å². The number of carboxylic acid groups (broad SMARTS) is 1. The van der Waals surface area contributed by atoms with Crippen molar-refractivity contribution in [3.8, 4) is 0 Å². The molecule has 0 aromatic carbocycles. The Morgan fingerprint density at radius 2 is 1.94 bits per heavy atom. The number of rotatable bonds is 2. The third kappa shape index (κ3) is 5.50. The molecule has 2 aromatic rings. The Kier molecular flexibility index (Phi) is 7.51. The number of halogens is 4. The van der Waals surface area contributed by atoms with Gasteiger partial charge in [0.25, 0.3) is 5.91 Å². The topological polar surface area (TPSA) is 123 Å². The van der Waals surface area contributed by atoms with Gasteiger partial charge < -0.3 is 20.3 Å². The fourth-order valence-corrected chi connectivity index (χ4v) is 4.50. The summed E-state index contributed by atoms with van der Waals surface area (Å²) in [6, 6.07) is 5.54. The van der Waals surface area contributed by atoms with E-state index >= 15 is 0 Å². The summed E-state index contributed by atoms with van der Waals surface area (Å²) in [5, 5.41) is 14.4. The number of carboxylic acids is 1. The largest absolute Gasteiger partial charge is 0.490 e. The monoisotopic (exact) mass is 500 g/mol. The average molecular weight is 501 g/mol. The van der Waals surface area contributed by atoms with Crippen LogP contribution in [0.1, 0.15) is 31.2 Å². The zero-order valence-electron chi connectivity index (χ0n) is 18.1. The summed E-state index contributed by atoms with van der Waals surface area (Å²) in [7, 11) is 2.23. The fraction of sp³-hybridized carbons (Fsp3) is 0.429. The van der Waals surface area contributed by atoms with E-state index in [4.69, 9.17) is 9.90 Å². The Hall–Kier alpha value is -3.12. The molecule has 3 aliphatic heterocycles. The molecule has 2 fully saturated rings. The van der Waals surface area contributed by atoms with Crippen molar-refractivity contribution in [2.24, 2.45) is 4.99 Å². The van der Waals surface area contributed by atoms with Crippen molar-refractivity contribution in [1.29, 1.82) is 0 Å². The summed E-state index contributed by atoms with van der Waals surface area (Å²) in [4.78, 5) is 35.6. The van der Waals surface area contributed by atoms with Gasteiger partial charge in [0.1, 0.15) is 11.3 Å². The number of guanidine groups is 1. The molecule has 1 unspecified atom stereocenters. The number of nitrogens with one attached hydrogen (secondary N) is 3. The standard InChI is InChI=1S/C19H22N6O.C2HF3O2.ClH/c1-25-13-4-5-14(25)9-12(8-13)22-19-23-16(18(26)24-19)7-11-10-21-17-15(11)3-2-6-20-17;3-2(4,5)1(6)7;/h2-3,6-7,10,12-14H,4-5,8-9H2,1H3,(H,20,21)(H2,22,23,24,26);(H,6,7);1H/b16-7-;;/t12?,13-,14+;;. The van der Waals surface area contributed by atoms with E-state index in [1.54, 1.807) is 6.20 Å². The maximum atomic E-state index is 12.3. The highest BCUT2D eigenvalue weighted by molar-refractivity contribution is 6.14. The van der Waals surface area contributed by atoms with Crippen LogP contribution in [0.3, 0.4) is 0 Å². The lowest BCUT2D eigenvalue weighted by Gasteiger charge is -2.36. The summed E-state index contributed by atoms with van der Waals surface area (Å²) in [6.45, 7) is 0. The van der Waals surface area contributed by atoms with Gasteiger partial charge in [-0.2, -0.15) is 13.2 Å². The van der Waals surface area contributed by atoms with Gasteiger partial charge in [-0.05, 0) is 50.9 Å². The van der Waals surface area contributed by atoms with E-state index in [2.05, 4.69) is 37.5 Å². The molecule has 34 heavy (non-hydrogen) atoms. The summed E-state index contributed by atoms with van der Waals surface area (Å²) >= 11 is 0. The zero-order valence-corrected chi connectivity index (χ0v) is 18.9. The van der Waals surface area contributed by atoms with Crippen LogP contribution in [0.5, 0.6) is 0 Å². The van der Waals surface area contributed by atoms with Crippen molar-refractivity contribution >= 4 is 47.4 Å². The molecular formula is C21H24ClF3N6O3. The van der Waals surface area contributed by atoms with Gasteiger partial charge in [0.05, 0.1) is 0 Å². The second-order valence-corrected chi connectivity index (χ2v) is 8.25. The summed E-state index contributed by atoms with van der Waals surface area (Å²) < 4.78 is 31.7. The van der Waals surface area contributed by atoms with E-state index in [9.17, 15) is 18.0 Å². The molecule has 0 radical (unpaired) electrons. The van der Waals surface area contributed by atoms with Crippen LogP contribution >= 0.6 is 12.4 Å². The van der Waals surface area contributed by atoms with Gasteiger partial charge in [-0.15, -0.1) is 12.4 Å². The van der Waals surface area contributed by atoms with Crippen molar-refractivity contribution < 1.29 is 27.9 Å². The predicted octanol–water partition coefficient (Wildman–Crippen LogP) is 2.66. The van der Waals surface area contributed by atoms with Crippen molar-refractivity contribution in [3.63, 3.8) is 0 Å². The normalized spacial score (nSPS) is 25.3. The minimum Gasteiger partial charge on any atom is -0.475 e. The molecule has 5 rings (SSSR count). The van der Waals surface area contributed by atoms with Crippen LogP contribution < -0.4 is 10.6 Å². The number of amides is 1. The maximum absolute atomic E-state index is 12.3. The molecule has 9 nitrogen and oxygen atoms in total. The number of fused-ring (bicyclic) bond motifs is 3. The predicted molar refractivity (Wildman–Crippen MR) is 121 cm³/mol. The molecule has 3 aliphatic rings. The molecule has 2 saturated heterocycles. The Morgan fingerprint density at radius 3 is 2.56 bits per heavy atom. The highest BCUT2D eigenvalue weighted by Crippen LogP contribution is 2.34. The Labute approximate surface area is 198 Å². The van der Waals surface area contributed by atoms with Crippen LogP contribution in [0.15, 0.2) is 35.2 Å². The molecule has 184 valence electrons. The number of aliphatic carboxylic acids is 1. The fourth-order valence-electron chi connectivity index (χ4n) is 4.50. The Morgan fingerprint density at radius 1 is 1.29 bits per heavy atom. The maximum Gasteiger partial charge on any atom is 0.490 e. The van der Waals surface area contributed by atoms with Crippen molar-refractivity contribution in [2.45, 2.75) is 50.0 Å². The molecule has 13 heteroatoms. The minimum atomic E-state index is -5.08. The summed E-state index contributed by atoms with van der Waals surface area (Å²) in [6.07, 6.45) is 5.09. The minimum absolute atomic E-state index is 0. The van der Waals surface area contributed by atoms with Crippen LogP contribution in [0.2, 0.25) is 0 Å². The number of aromatic nitrogens is 2. The van der Waals surface area contributed by atoms with Crippen LogP contribution in [0.25, 0.3) is 17.1 Å².